The molecule has 0 aliphatic carbocycles. The molecule has 1 N–H and O–H groups in total. The highest BCUT2D eigenvalue weighted by Gasteiger charge is 2.35. The number of carbonyl (C=O) groups is 1. The molecular weight excluding hydrogens is 226 g/mol. The van der Waals surface area contributed by atoms with Crippen LogP contribution in [0.3, 0.4) is 0 Å². The fourth-order valence-corrected chi connectivity index (χ4v) is 3.48. The number of fused-ring (bicyclic) bond motifs is 2. The first kappa shape index (κ1) is 12.9. The Kier molecular flexibility index (Phi) is 3.75. The van der Waals surface area contributed by atoms with Gasteiger partial charge in [-0.15, -0.1) is 11.5 Å². The summed E-state index contributed by atoms with van der Waals surface area (Å²) in [6.07, 6.45) is 5.09. The SMILES string of the molecule is C[Si](C)(C)C#CCC(=O)C1CC2CCC(C1)N2. The van der Waals surface area contributed by atoms with Crippen molar-refractivity contribution in [3.05, 3.63) is 0 Å². The number of ketones is 1. The summed E-state index contributed by atoms with van der Waals surface area (Å²) >= 11 is 0. The van der Waals surface area contributed by atoms with Gasteiger partial charge in [0.2, 0.25) is 0 Å². The minimum absolute atomic E-state index is 0.282. The van der Waals surface area contributed by atoms with Crippen molar-refractivity contribution in [2.45, 2.75) is 63.8 Å². The van der Waals surface area contributed by atoms with Gasteiger partial charge in [0.1, 0.15) is 13.9 Å². The summed E-state index contributed by atoms with van der Waals surface area (Å²) in [6.45, 7) is 6.65. The molecule has 0 aromatic rings. The predicted molar refractivity (Wildman–Crippen MR) is 73.4 cm³/mol. The molecule has 0 aromatic heterocycles. The molecule has 2 aliphatic rings. The van der Waals surface area contributed by atoms with Crippen molar-refractivity contribution >= 4 is 13.9 Å². The largest absolute Gasteiger partial charge is 0.311 e. The molecule has 0 saturated carbocycles. The van der Waals surface area contributed by atoms with Gasteiger partial charge in [-0.25, -0.2) is 0 Å². The number of piperidine rings is 1. The Morgan fingerprint density at radius 3 is 2.35 bits per heavy atom. The van der Waals surface area contributed by atoms with Crippen molar-refractivity contribution < 1.29 is 4.79 Å². The lowest BCUT2D eigenvalue weighted by atomic mass is 9.88. The van der Waals surface area contributed by atoms with E-state index in [0.29, 0.717) is 24.3 Å². The summed E-state index contributed by atoms with van der Waals surface area (Å²) in [7, 11) is -1.31. The Balaban J connectivity index is 1.86. The van der Waals surface area contributed by atoms with Crippen LogP contribution in [0.25, 0.3) is 0 Å². The van der Waals surface area contributed by atoms with Gasteiger partial charge in [-0.05, 0) is 25.7 Å². The topological polar surface area (TPSA) is 29.1 Å². The van der Waals surface area contributed by atoms with Crippen molar-refractivity contribution in [1.29, 1.82) is 0 Å². The summed E-state index contributed by atoms with van der Waals surface area (Å²) in [6, 6.07) is 1.21. The molecule has 2 bridgehead atoms. The molecule has 2 fully saturated rings. The minimum Gasteiger partial charge on any atom is -0.311 e. The van der Waals surface area contributed by atoms with Crippen LogP contribution in [0.4, 0.5) is 0 Å². The van der Waals surface area contributed by atoms with Crippen molar-refractivity contribution in [2.75, 3.05) is 0 Å². The van der Waals surface area contributed by atoms with Crippen molar-refractivity contribution in [3.8, 4) is 11.5 Å². The third kappa shape index (κ3) is 3.69. The Morgan fingerprint density at radius 1 is 1.24 bits per heavy atom. The number of carbonyl (C=O) groups excluding carboxylic acids is 1. The van der Waals surface area contributed by atoms with Crippen LogP contribution < -0.4 is 5.32 Å². The zero-order chi connectivity index (χ0) is 12.5. The van der Waals surface area contributed by atoms with Gasteiger partial charge in [0.15, 0.2) is 0 Å². The van der Waals surface area contributed by atoms with E-state index in [-0.39, 0.29) is 5.92 Å². The Labute approximate surface area is 106 Å². The molecule has 2 aliphatic heterocycles. The molecule has 2 unspecified atom stereocenters. The summed E-state index contributed by atoms with van der Waals surface area (Å²) in [5.41, 5.74) is 3.28. The predicted octanol–water partition coefficient (Wildman–Crippen LogP) is 2.36. The van der Waals surface area contributed by atoms with E-state index in [4.69, 9.17) is 0 Å². The molecule has 2 atom stereocenters. The first-order valence-corrected chi connectivity index (χ1v) is 10.2. The summed E-state index contributed by atoms with van der Waals surface area (Å²) in [5, 5.41) is 3.57. The first-order chi connectivity index (χ1) is 7.94. The van der Waals surface area contributed by atoms with Crippen LogP contribution in [0.5, 0.6) is 0 Å². The Hall–Kier alpha value is -0.593. The van der Waals surface area contributed by atoms with E-state index in [1.807, 2.05) is 0 Å². The molecular formula is C14H23NOSi. The summed E-state index contributed by atoms with van der Waals surface area (Å²) in [5.74, 6) is 3.78. The zero-order valence-electron chi connectivity index (χ0n) is 11.2. The van der Waals surface area contributed by atoms with Gasteiger partial charge in [-0.3, -0.25) is 4.79 Å². The molecule has 2 nitrogen and oxygen atoms in total. The molecule has 2 heterocycles. The van der Waals surface area contributed by atoms with E-state index in [9.17, 15) is 4.79 Å². The molecule has 94 valence electrons. The second kappa shape index (κ2) is 4.95. The number of Topliss-reactive ketones (excluding diaryl/α,β-unsaturated/α-hetero) is 1. The van der Waals surface area contributed by atoms with Gasteiger partial charge in [0, 0.05) is 18.0 Å². The molecule has 0 amide bonds. The van der Waals surface area contributed by atoms with Gasteiger partial charge in [0.25, 0.3) is 0 Å². The average molecular weight is 249 g/mol. The van der Waals surface area contributed by atoms with E-state index < -0.39 is 8.07 Å². The average Bonchev–Trinajstić information content (AvgIpc) is 2.55. The van der Waals surface area contributed by atoms with E-state index in [1.54, 1.807) is 0 Å². The van der Waals surface area contributed by atoms with Crippen LogP contribution in [-0.2, 0) is 4.79 Å². The minimum atomic E-state index is -1.31. The maximum Gasteiger partial charge on any atom is 0.147 e. The first-order valence-electron chi connectivity index (χ1n) is 6.73. The van der Waals surface area contributed by atoms with Gasteiger partial charge in [-0.2, -0.15) is 0 Å². The van der Waals surface area contributed by atoms with E-state index in [1.165, 1.54) is 12.8 Å². The monoisotopic (exact) mass is 249 g/mol. The smallest absolute Gasteiger partial charge is 0.147 e. The second-order valence-corrected chi connectivity index (χ2v) is 11.3. The molecule has 0 radical (unpaired) electrons. The van der Waals surface area contributed by atoms with E-state index >= 15 is 0 Å². The van der Waals surface area contributed by atoms with Crippen LogP contribution in [0, 0.1) is 17.4 Å². The standard InChI is InChI=1S/C14H23NOSi/c1-17(2,3)8-4-5-14(16)11-9-12-6-7-13(10-11)15-12/h11-13,15H,5-7,9-10H2,1-3H3. The number of hydrogen-bond donors (Lipinski definition) is 1. The third-order valence-electron chi connectivity index (χ3n) is 3.65. The summed E-state index contributed by atoms with van der Waals surface area (Å²) < 4.78 is 0. The zero-order valence-corrected chi connectivity index (χ0v) is 12.2. The number of nitrogens with one attached hydrogen (secondary N) is 1. The quantitative estimate of drug-likeness (QED) is 0.601. The normalized spacial score (nSPS) is 31.8. The fraction of sp³-hybridized carbons (Fsp3) is 0.786. The highest BCUT2D eigenvalue weighted by atomic mass is 28.3. The maximum atomic E-state index is 12.1. The Morgan fingerprint density at radius 2 is 1.82 bits per heavy atom. The lowest BCUT2D eigenvalue weighted by Gasteiger charge is -2.27. The lowest BCUT2D eigenvalue weighted by Crippen LogP contribution is -2.40. The fourth-order valence-electron chi connectivity index (χ4n) is 2.86. The molecule has 0 aromatic carbocycles. The lowest BCUT2D eigenvalue weighted by molar-refractivity contribution is -0.123. The van der Waals surface area contributed by atoms with E-state index in [0.717, 1.165) is 12.8 Å². The number of rotatable bonds is 2. The molecule has 3 heteroatoms. The van der Waals surface area contributed by atoms with Gasteiger partial charge in [0.05, 0.1) is 6.42 Å². The second-order valence-electron chi connectivity index (χ2n) is 6.50. The van der Waals surface area contributed by atoms with Crippen LogP contribution in [-0.4, -0.2) is 25.9 Å². The summed E-state index contributed by atoms with van der Waals surface area (Å²) in [4.78, 5) is 12.1. The molecule has 17 heavy (non-hydrogen) atoms. The highest BCUT2D eigenvalue weighted by Crippen LogP contribution is 2.31. The van der Waals surface area contributed by atoms with Crippen molar-refractivity contribution in [2.24, 2.45) is 5.92 Å². The Bertz CT molecular complexity index is 349. The van der Waals surface area contributed by atoms with Crippen LogP contribution in [0.2, 0.25) is 19.6 Å². The highest BCUT2D eigenvalue weighted by molar-refractivity contribution is 6.83. The van der Waals surface area contributed by atoms with Crippen LogP contribution in [0.1, 0.15) is 32.1 Å². The van der Waals surface area contributed by atoms with Crippen LogP contribution in [0.15, 0.2) is 0 Å². The van der Waals surface area contributed by atoms with E-state index in [2.05, 4.69) is 36.4 Å². The molecule has 2 rings (SSSR count). The number of hydrogen-bond acceptors (Lipinski definition) is 2. The maximum absolute atomic E-state index is 12.1. The van der Waals surface area contributed by atoms with Gasteiger partial charge < -0.3 is 5.32 Å². The van der Waals surface area contributed by atoms with Crippen molar-refractivity contribution in [1.82, 2.24) is 5.32 Å². The van der Waals surface area contributed by atoms with Gasteiger partial charge >= 0.3 is 0 Å². The van der Waals surface area contributed by atoms with Crippen molar-refractivity contribution in [3.63, 3.8) is 0 Å². The van der Waals surface area contributed by atoms with Gasteiger partial charge in [-0.1, -0.05) is 19.6 Å². The third-order valence-corrected chi connectivity index (χ3v) is 4.58. The van der Waals surface area contributed by atoms with Crippen LogP contribution >= 0.6 is 0 Å². The molecule has 2 saturated heterocycles. The molecule has 0 spiro atoms.